The van der Waals surface area contributed by atoms with Crippen molar-refractivity contribution in [3.8, 4) is 6.07 Å². The van der Waals surface area contributed by atoms with Crippen LogP contribution in [-0.4, -0.2) is 16.6 Å². The van der Waals surface area contributed by atoms with E-state index in [-0.39, 0.29) is 11.7 Å². The third kappa shape index (κ3) is 4.04. The number of rotatable bonds is 4. The average molecular weight is 361 g/mol. The van der Waals surface area contributed by atoms with Crippen molar-refractivity contribution in [2.24, 2.45) is 0 Å². The van der Waals surface area contributed by atoms with Gasteiger partial charge in [0.2, 0.25) is 5.91 Å². The maximum atomic E-state index is 12.2. The zero-order valence-electron chi connectivity index (χ0n) is 15.0. The third-order valence-corrected chi connectivity index (χ3v) is 5.18. The van der Waals surface area contributed by atoms with Gasteiger partial charge in [0.1, 0.15) is 11.1 Å². The largest absolute Gasteiger partial charge is 0.325 e. The van der Waals surface area contributed by atoms with Crippen molar-refractivity contribution in [3.05, 3.63) is 64.7 Å². The Morgan fingerprint density at radius 2 is 1.92 bits per heavy atom. The molecule has 5 heteroatoms. The van der Waals surface area contributed by atoms with Gasteiger partial charge in [0, 0.05) is 11.1 Å². The van der Waals surface area contributed by atoms with Crippen LogP contribution in [0.3, 0.4) is 0 Å². The summed E-state index contributed by atoms with van der Waals surface area (Å²) >= 11 is 1.28. The van der Waals surface area contributed by atoms with Crippen molar-refractivity contribution >= 4 is 34.3 Å². The van der Waals surface area contributed by atoms with Gasteiger partial charge < -0.3 is 5.32 Å². The van der Waals surface area contributed by atoms with Crippen molar-refractivity contribution in [3.63, 3.8) is 0 Å². The molecule has 3 aromatic rings. The molecule has 1 amide bonds. The first-order chi connectivity index (χ1) is 12.5. The van der Waals surface area contributed by atoms with E-state index in [1.165, 1.54) is 17.3 Å². The van der Waals surface area contributed by atoms with E-state index in [1.54, 1.807) is 0 Å². The first-order valence-corrected chi connectivity index (χ1v) is 9.26. The summed E-state index contributed by atoms with van der Waals surface area (Å²) in [4.78, 5) is 16.8. The lowest BCUT2D eigenvalue weighted by Gasteiger charge is -2.09. The van der Waals surface area contributed by atoms with Gasteiger partial charge >= 0.3 is 0 Å². The van der Waals surface area contributed by atoms with Crippen molar-refractivity contribution in [1.29, 1.82) is 5.26 Å². The van der Waals surface area contributed by atoms with E-state index < -0.39 is 0 Å². The summed E-state index contributed by atoms with van der Waals surface area (Å²) in [5.74, 6) is 0.0827. The number of nitriles is 1. The standard InChI is InChI=1S/C21H19N3OS/c1-13-4-7-19-16(8-13)10-17(11-22)21(24-19)26-12-20(25)23-18-6-5-14(2)15(3)9-18/h4-10H,12H2,1-3H3,(H,23,25). The number of carbonyl (C=O) groups is 1. The summed E-state index contributed by atoms with van der Waals surface area (Å²) in [5.41, 5.74) is 5.54. The summed E-state index contributed by atoms with van der Waals surface area (Å²) in [5, 5.41) is 13.8. The first-order valence-electron chi connectivity index (χ1n) is 8.27. The number of benzene rings is 2. The molecule has 4 nitrogen and oxygen atoms in total. The molecule has 3 rings (SSSR count). The van der Waals surface area contributed by atoms with Crippen LogP contribution in [0.4, 0.5) is 5.69 Å². The fraction of sp³-hybridized carbons (Fsp3) is 0.190. The minimum atomic E-state index is -0.118. The number of nitrogens with zero attached hydrogens (tertiary/aromatic N) is 2. The highest BCUT2D eigenvalue weighted by molar-refractivity contribution is 8.00. The van der Waals surface area contributed by atoms with E-state index >= 15 is 0 Å². The van der Waals surface area contributed by atoms with E-state index in [4.69, 9.17) is 0 Å². The molecule has 0 aliphatic rings. The molecule has 0 saturated heterocycles. The van der Waals surface area contributed by atoms with Gasteiger partial charge in [0.25, 0.3) is 0 Å². The Morgan fingerprint density at radius 3 is 2.65 bits per heavy atom. The minimum Gasteiger partial charge on any atom is -0.325 e. The molecule has 0 saturated carbocycles. The number of carbonyl (C=O) groups excluding carboxylic acids is 1. The summed E-state index contributed by atoms with van der Waals surface area (Å²) in [7, 11) is 0. The Labute approximate surface area is 157 Å². The summed E-state index contributed by atoms with van der Waals surface area (Å²) < 4.78 is 0. The number of nitrogens with one attached hydrogen (secondary N) is 1. The lowest BCUT2D eigenvalue weighted by atomic mass is 10.1. The van der Waals surface area contributed by atoms with Crippen molar-refractivity contribution in [2.75, 3.05) is 11.1 Å². The smallest absolute Gasteiger partial charge is 0.234 e. The Morgan fingerprint density at radius 1 is 1.12 bits per heavy atom. The van der Waals surface area contributed by atoms with E-state index in [9.17, 15) is 10.1 Å². The van der Waals surface area contributed by atoms with Crippen molar-refractivity contribution < 1.29 is 4.79 Å². The highest BCUT2D eigenvalue weighted by Crippen LogP contribution is 2.25. The second-order valence-corrected chi connectivity index (χ2v) is 7.25. The van der Waals surface area contributed by atoms with Crippen LogP contribution in [0.2, 0.25) is 0 Å². The van der Waals surface area contributed by atoms with Crippen molar-refractivity contribution in [1.82, 2.24) is 4.98 Å². The molecule has 0 atom stereocenters. The molecule has 0 aliphatic heterocycles. The van der Waals surface area contributed by atoms with Crippen LogP contribution >= 0.6 is 11.8 Å². The van der Waals surface area contributed by atoms with E-state index in [0.717, 1.165) is 27.7 Å². The Hall–Kier alpha value is -2.84. The maximum absolute atomic E-state index is 12.2. The highest BCUT2D eigenvalue weighted by Gasteiger charge is 2.11. The number of thioether (sulfide) groups is 1. The normalized spacial score (nSPS) is 10.5. The number of hydrogen-bond donors (Lipinski definition) is 1. The van der Waals surface area contributed by atoms with Gasteiger partial charge in [-0.05, 0) is 62.2 Å². The fourth-order valence-corrected chi connectivity index (χ4v) is 3.38. The van der Waals surface area contributed by atoms with Gasteiger partial charge in [0.15, 0.2) is 0 Å². The number of hydrogen-bond acceptors (Lipinski definition) is 4. The number of pyridine rings is 1. The second-order valence-electron chi connectivity index (χ2n) is 6.28. The van der Waals surface area contributed by atoms with Crippen LogP contribution in [0.15, 0.2) is 47.5 Å². The fourth-order valence-electron chi connectivity index (χ4n) is 2.62. The Bertz CT molecular complexity index is 1040. The van der Waals surface area contributed by atoms with Gasteiger partial charge in [-0.2, -0.15) is 5.26 Å². The quantitative estimate of drug-likeness (QED) is 0.680. The Balaban J connectivity index is 1.74. The molecule has 1 aromatic heterocycles. The topological polar surface area (TPSA) is 65.8 Å². The molecule has 2 aromatic carbocycles. The molecule has 26 heavy (non-hydrogen) atoms. The minimum absolute atomic E-state index is 0.118. The highest BCUT2D eigenvalue weighted by atomic mass is 32.2. The van der Waals surface area contributed by atoms with Gasteiger partial charge in [-0.15, -0.1) is 0 Å². The zero-order chi connectivity index (χ0) is 18.7. The predicted octanol–water partition coefficient (Wildman–Crippen LogP) is 4.76. The van der Waals surface area contributed by atoms with Gasteiger partial charge in [0.05, 0.1) is 16.8 Å². The van der Waals surface area contributed by atoms with Crippen LogP contribution in [0.5, 0.6) is 0 Å². The molecular formula is C21H19N3OS. The zero-order valence-corrected chi connectivity index (χ0v) is 15.8. The second kappa shape index (κ2) is 7.59. The van der Waals surface area contributed by atoms with Gasteiger partial charge in [-0.1, -0.05) is 29.5 Å². The molecule has 0 fully saturated rings. The summed E-state index contributed by atoms with van der Waals surface area (Å²) in [6.45, 7) is 6.05. The van der Waals surface area contributed by atoms with E-state index in [2.05, 4.69) is 16.4 Å². The van der Waals surface area contributed by atoms with Crippen LogP contribution < -0.4 is 5.32 Å². The number of fused-ring (bicyclic) bond motifs is 1. The molecule has 130 valence electrons. The number of anilines is 1. The van der Waals surface area contributed by atoms with Crippen LogP contribution in [0, 0.1) is 32.1 Å². The van der Waals surface area contributed by atoms with Crippen LogP contribution in [0.1, 0.15) is 22.3 Å². The number of aryl methyl sites for hydroxylation is 3. The van der Waals surface area contributed by atoms with E-state index in [1.807, 2.05) is 63.2 Å². The SMILES string of the molecule is Cc1ccc2nc(SCC(=O)Nc3ccc(C)c(C)c3)c(C#N)cc2c1. The molecular weight excluding hydrogens is 342 g/mol. The average Bonchev–Trinajstić information content (AvgIpc) is 2.62. The molecule has 0 bridgehead atoms. The monoisotopic (exact) mass is 361 g/mol. The predicted molar refractivity (Wildman–Crippen MR) is 106 cm³/mol. The van der Waals surface area contributed by atoms with Gasteiger partial charge in [-0.25, -0.2) is 4.98 Å². The first kappa shape index (κ1) is 18.0. The van der Waals surface area contributed by atoms with Crippen molar-refractivity contribution in [2.45, 2.75) is 25.8 Å². The lowest BCUT2D eigenvalue weighted by molar-refractivity contribution is -0.113. The number of amides is 1. The lowest BCUT2D eigenvalue weighted by Crippen LogP contribution is -2.14. The number of aromatic nitrogens is 1. The van der Waals surface area contributed by atoms with Gasteiger partial charge in [-0.3, -0.25) is 4.79 Å². The molecule has 1 N–H and O–H groups in total. The molecule has 0 spiro atoms. The third-order valence-electron chi connectivity index (χ3n) is 4.19. The van der Waals surface area contributed by atoms with Crippen LogP contribution in [-0.2, 0) is 4.79 Å². The van der Waals surface area contributed by atoms with E-state index in [0.29, 0.717) is 10.6 Å². The molecule has 0 aliphatic carbocycles. The molecule has 1 heterocycles. The molecule has 0 unspecified atom stereocenters. The maximum Gasteiger partial charge on any atom is 0.234 e. The summed E-state index contributed by atoms with van der Waals surface area (Å²) in [6, 6.07) is 15.8. The summed E-state index contributed by atoms with van der Waals surface area (Å²) in [6.07, 6.45) is 0. The van der Waals surface area contributed by atoms with Crippen LogP contribution in [0.25, 0.3) is 10.9 Å². The molecule has 0 radical (unpaired) electrons. The Kier molecular flexibility index (Phi) is 5.24.